The Kier molecular flexibility index (Phi) is 3.16. The Bertz CT molecular complexity index is 927. The van der Waals surface area contributed by atoms with Gasteiger partial charge in [-0.15, -0.1) is 5.10 Å². The van der Waals surface area contributed by atoms with Crippen LogP contribution in [0.2, 0.25) is 0 Å². The Labute approximate surface area is 118 Å². The first kappa shape index (κ1) is 12.9. The maximum atomic E-state index is 13.8. The average Bonchev–Trinajstić information content (AvgIpc) is 2.52. The zero-order valence-corrected chi connectivity index (χ0v) is 10.8. The normalized spacial score (nSPS) is 10.5. The molecule has 3 aromatic rings. The van der Waals surface area contributed by atoms with E-state index in [1.165, 1.54) is 18.2 Å². The van der Waals surface area contributed by atoms with Crippen molar-refractivity contribution in [2.24, 2.45) is 0 Å². The second-order valence-corrected chi connectivity index (χ2v) is 4.49. The first-order valence-electron chi connectivity index (χ1n) is 6.20. The largest absolute Gasteiger partial charge is 0.277 e. The highest BCUT2D eigenvalue weighted by atomic mass is 19.1. The number of nitriles is 1. The summed E-state index contributed by atoms with van der Waals surface area (Å²) in [4.78, 5) is 12.3. The summed E-state index contributed by atoms with van der Waals surface area (Å²) in [5.41, 5.74) is 0.696. The highest BCUT2D eigenvalue weighted by Gasteiger charge is 2.09. The van der Waals surface area contributed by atoms with E-state index in [1.807, 2.05) is 6.07 Å². The molecule has 0 aliphatic carbocycles. The summed E-state index contributed by atoms with van der Waals surface area (Å²) in [5.74, 6) is -0.490. The van der Waals surface area contributed by atoms with Crippen LogP contribution in [0, 0.1) is 17.1 Å². The first-order valence-corrected chi connectivity index (χ1v) is 6.20. The molecular formula is C15H9FN4O. The SMILES string of the molecule is N#Cc1ccc(F)c(Cn2nnc3ccccc3c2=O)c1. The van der Waals surface area contributed by atoms with Crippen molar-refractivity contribution >= 4 is 10.9 Å². The number of aromatic nitrogens is 3. The van der Waals surface area contributed by atoms with Gasteiger partial charge in [-0.25, -0.2) is 9.07 Å². The van der Waals surface area contributed by atoms with Gasteiger partial charge >= 0.3 is 0 Å². The minimum Gasteiger partial charge on any atom is -0.267 e. The van der Waals surface area contributed by atoms with Crippen molar-refractivity contribution in [3.63, 3.8) is 0 Å². The maximum Gasteiger partial charge on any atom is 0.277 e. The van der Waals surface area contributed by atoms with E-state index >= 15 is 0 Å². The van der Waals surface area contributed by atoms with Gasteiger partial charge in [0.15, 0.2) is 0 Å². The average molecular weight is 280 g/mol. The van der Waals surface area contributed by atoms with Crippen molar-refractivity contribution in [2.75, 3.05) is 0 Å². The van der Waals surface area contributed by atoms with Crippen molar-refractivity contribution in [1.82, 2.24) is 15.0 Å². The molecule has 6 heteroatoms. The van der Waals surface area contributed by atoms with E-state index < -0.39 is 5.82 Å². The van der Waals surface area contributed by atoms with Gasteiger partial charge in [-0.05, 0) is 30.3 Å². The lowest BCUT2D eigenvalue weighted by Crippen LogP contribution is -2.25. The Morgan fingerprint density at radius 2 is 2.05 bits per heavy atom. The fourth-order valence-corrected chi connectivity index (χ4v) is 2.05. The summed E-state index contributed by atoms with van der Waals surface area (Å²) < 4.78 is 14.8. The smallest absolute Gasteiger partial charge is 0.267 e. The molecular weight excluding hydrogens is 271 g/mol. The van der Waals surface area contributed by atoms with Crippen molar-refractivity contribution in [1.29, 1.82) is 5.26 Å². The van der Waals surface area contributed by atoms with Crippen LogP contribution in [-0.4, -0.2) is 15.0 Å². The second kappa shape index (κ2) is 5.13. The Morgan fingerprint density at radius 1 is 1.24 bits per heavy atom. The molecule has 0 fully saturated rings. The number of rotatable bonds is 2. The van der Waals surface area contributed by atoms with E-state index in [2.05, 4.69) is 10.3 Å². The highest BCUT2D eigenvalue weighted by molar-refractivity contribution is 5.76. The molecule has 1 heterocycles. The van der Waals surface area contributed by atoms with Gasteiger partial charge < -0.3 is 0 Å². The topological polar surface area (TPSA) is 71.6 Å². The van der Waals surface area contributed by atoms with E-state index in [9.17, 15) is 9.18 Å². The molecule has 21 heavy (non-hydrogen) atoms. The maximum absolute atomic E-state index is 13.8. The lowest BCUT2D eigenvalue weighted by Gasteiger charge is -2.06. The predicted octanol–water partition coefficient (Wildman–Crippen LogP) is 1.85. The van der Waals surface area contributed by atoms with Gasteiger partial charge in [0.05, 0.1) is 23.6 Å². The number of hydrogen-bond acceptors (Lipinski definition) is 4. The molecule has 1 aromatic heterocycles. The van der Waals surface area contributed by atoms with Gasteiger partial charge in [0, 0.05) is 5.56 Å². The summed E-state index contributed by atoms with van der Waals surface area (Å²) in [6, 6.07) is 12.7. The monoisotopic (exact) mass is 280 g/mol. The van der Waals surface area contributed by atoms with Crippen LogP contribution in [0.4, 0.5) is 4.39 Å². The molecule has 0 atom stereocenters. The molecule has 0 aliphatic heterocycles. The van der Waals surface area contributed by atoms with Gasteiger partial charge in [-0.1, -0.05) is 17.3 Å². The summed E-state index contributed by atoms with van der Waals surface area (Å²) in [7, 11) is 0. The predicted molar refractivity (Wildman–Crippen MR) is 74.0 cm³/mol. The minimum absolute atomic E-state index is 0.0714. The number of nitrogens with zero attached hydrogens (tertiary/aromatic N) is 4. The number of fused-ring (bicyclic) bond motifs is 1. The van der Waals surface area contributed by atoms with E-state index in [0.29, 0.717) is 16.5 Å². The third-order valence-electron chi connectivity index (χ3n) is 3.12. The molecule has 0 radical (unpaired) electrons. The molecule has 0 N–H and O–H groups in total. The first-order chi connectivity index (χ1) is 10.2. The van der Waals surface area contributed by atoms with E-state index in [4.69, 9.17) is 5.26 Å². The van der Waals surface area contributed by atoms with Crippen LogP contribution >= 0.6 is 0 Å². The molecule has 0 amide bonds. The summed E-state index contributed by atoms with van der Waals surface area (Å²) in [6.45, 7) is -0.0714. The molecule has 2 aromatic carbocycles. The quantitative estimate of drug-likeness (QED) is 0.718. The number of hydrogen-bond donors (Lipinski definition) is 0. The van der Waals surface area contributed by atoms with Gasteiger partial charge in [-0.3, -0.25) is 4.79 Å². The molecule has 0 spiro atoms. The van der Waals surface area contributed by atoms with Crippen molar-refractivity contribution < 1.29 is 4.39 Å². The van der Waals surface area contributed by atoms with Crippen LogP contribution in [0.15, 0.2) is 47.3 Å². The lowest BCUT2D eigenvalue weighted by atomic mass is 10.1. The Balaban J connectivity index is 2.09. The summed E-state index contributed by atoms with van der Waals surface area (Å²) >= 11 is 0. The van der Waals surface area contributed by atoms with Crippen LogP contribution in [-0.2, 0) is 6.54 Å². The lowest BCUT2D eigenvalue weighted by molar-refractivity contribution is 0.557. The molecule has 0 saturated heterocycles. The van der Waals surface area contributed by atoms with Crippen LogP contribution < -0.4 is 5.56 Å². The summed E-state index contributed by atoms with van der Waals surface area (Å²) in [5, 5.41) is 17.0. The Morgan fingerprint density at radius 3 is 2.86 bits per heavy atom. The van der Waals surface area contributed by atoms with E-state index in [-0.39, 0.29) is 17.7 Å². The third-order valence-corrected chi connectivity index (χ3v) is 3.12. The molecule has 0 saturated carbocycles. The van der Waals surface area contributed by atoms with E-state index in [1.54, 1.807) is 24.3 Å². The summed E-state index contributed by atoms with van der Waals surface area (Å²) in [6.07, 6.45) is 0. The molecule has 5 nitrogen and oxygen atoms in total. The molecule has 3 rings (SSSR count). The number of halogens is 1. The van der Waals surface area contributed by atoms with Crippen molar-refractivity contribution in [3.8, 4) is 6.07 Å². The standard InChI is InChI=1S/C15H9FN4O/c16-13-6-5-10(8-17)7-11(13)9-20-15(21)12-3-1-2-4-14(12)18-19-20/h1-7H,9H2. The van der Waals surface area contributed by atoms with Gasteiger partial charge in [0.25, 0.3) is 5.56 Å². The molecule has 102 valence electrons. The number of benzene rings is 2. The van der Waals surface area contributed by atoms with Crippen molar-refractivity contribution in [2.45, 2.75) is 6.54 Å². The van der Waals surface area contributed by atoms with Gasteiger partial charge in [0.2, 0.25) is 0 Å². The fourth-order valence-electron chi connectivity index (χ4n) is 2.05. The van der Waals surface area contributed by atoms with Gasteiger partial charge in [0.1, 0.15) is 11.3 Å². The van der Waals surface area contributed by atoms with Crippen molar-refractivity contribution in [3.05, 3.63) is 69.8 Å². The molecule has 0 unspecified atom stereocenters. The van der Waals surface area contributed by atoms with Gasteiger partial charge in [-0.2, -0.15) is 5.26 Å². The zero-order valence-electron chi connectivity index (χ0n) is 10.8. The fraction of sp³-hybridized carbons (Fsp3) is 0.0667. The highest BCUT2D eigenvalue weighted by Crippen LogP contribution is 2.11. The Hall–Kier alpha value is -3.07. The molecule has 0 bridgehead atoms. The molecule has 0 aliphatic rings. The van der Waals surface area contributed by atoms with Crippen LogP contribution in [0.1, 0.15) is 11.1 Å². The van der Waals surface area contributed by atoms with Crippen LogP contribution in [0.5, 0.6) is 0 Å². The van der Waals surface area contributed by atoms with Crippen LogP contribution in [0.25, 0.3) is 10.9 Å². The van der Waals surface area contributed by atoms with Crippen LogP contribution in [0.3, 0.4) is 0 Å². The van der Waals surface area contributed by atoms with E-state index in [0.717, 1.165) is 4.68 Å². The zero-order chi connectivity index (χ0) is 14.8. The second-order valence-electron chi connectivity index (χ2n) is 4.49. The third kappa shape index (κ3) is 2.37. The minimum atomic E-state index is -0.490.